The molecule has 1 aromatic carbocycles. The number of pyridine rings is 1. The van der Waals surface area contributed by atoms with Crippen LogP contribution >= 0.6 is 0 Å². The van der Waals surface area contributed by atoms with Crippen molar-refractivity contribution in [1.82, 2.24) is 9.88 Å². The summed E-state index contributed by atoms with van der Waals surface area (Å²) in [5.41, 5.74) is 2.02. The van der Waals surface area contributed by atoms with Gasteiger partial charge in [-0.2, -0.15) is 0 Å². The van der Waals surface area contributed by atoms with Gasteiger partial charge in [-0.25, -0.2) is 4.98 Å². The number of rotatable bonds is 7. The SMILES string of the molecule is C[C@@H](O)CNc1ccc(C(=O)N2CCC(CCc3ccccc3)CC2)cn1. The van der Waals surface area contributed by atoms with Crippen molar-refractivity contribution in [2.24, 2.45) is 5.92 Å². The molecule has 2 heterocycles. The monoisotopic (exact) mass is 367 g/mol. The minimum Gasteiger partial charge on any atom is -0.392 e. The van der Waals surface area contributed by atoms with Crippen LogP contribution in [0.25, 0.3) is 0 Å². The molecule has 1 aromatic heterocycles. The number of nitrogens with one attached hydrogen (secondary N) is 1. The molecule has 1 amide bonds. The largest absolute Gasteiger partial charge is 0.392 e. The van der Waals surface area contributed by atoms with Crippen LogP contribution < -0.4 is 5.32 Å². The zero-order valence-corrected chi connectivity index (χ0v) is 16.0. The van der Waals surface area contributed by atoms with Crippen LogP contribution in [-0.2, 0) is 6.42 Å². The average molecular weight is 367 g/mol. The number of aliphatic hydroxyl groups excluding tert-OH is 1. The van der Waals surface area contributed by atoms with E-state index in [9.17, 15) is 9.90 Å². The summed E-state index contributed by atoms with van der Waals surface area (Å²) >= 11 is 0. The maximum absolute atomic E-state index is 12.7. The van der Waals surface area contributed by atoms with E-state index in [1.54, 1.807) is 25.3 Å². The summed E-state index contributed by atoms with van der Waals surface area (Å²) in [6.07, 6.45) is 5.63. The minimum atomic E-state index is -0.434. The third-order valence-corrected chi connectivity index (χ3v) is 5.17. The molecule has 0 aliphatic carbocycles. The predicted molar refractivity (Wildman–Crippen MR) is 108 cm³/mol. The molecule has 0 saturated carbocycles. The van der Waals surface area contributed by atoms with Gasteiger partial charge in [-0.05, 0) is 56.2 Å². The van der Waals surface area contributed by atoms with Gasteiger partial charge < -0.3 is 15.3 Å². The van der Waals surface area contributed by atoms with Gasteiger partial charge in [0.05, 0.1) is 11.7 Å². The van der Waals surface area contributed by atoms with Crippen LogP contribution in [0.15, 0.2) is 48.7 Å². The third-order valence-electron chi connectivity index (χ3n) is 5.17. The fraction of sp³-hybridized carbons (Fsp3) is 0.455. The van der Waals surface area contributed by atoms with Crippen LogP contribution in [-0.4, -0.2) is 46.6 Å². The summed E-state index contributed by atoms with van der Waals surface area (Å²) in [4.78, 5) is 18.9. The van der Waals surface area contributed by atoms with Gasteiger partial charge in [0, 0.05) is 25.8 Å². The maximum atomic E-state index is 12.7. The maximum Gasteiger partial charge on any atom is 0.255 e. The fourth-order valence-corrected chi connectivity index (χ4v) is 3.50. The lowest BCUT2D eigenvalue weighted by atomic mass is 9.90. The number of amides is 1. The van der Waals surface area contributed by atoms with E-state index >= 15 is 0 Å². The molecule has 1 fully saturated rings. The molecular weight excluding hydrogens is 338 g/mol. The first-order chi connectivity index (χ1) is 13.1. The van der Waals surface area contributed by atoms with Crippen LogP contribution in [0.3, 0.4) is 0 Å². The smallest absolute Gasteiger partial charge is 0.255 e. The number of benzene rings is 1. The second-order valence-corrected chi connectivity index (χ2v) is 7.42. The molecule has 144 valence electrons. The molecule has 2 aromatic rings. The van der Waals surface area contributed by atoms with Gasteiger partial charge in [0.1, 0.15) is 5.82 Å². The highest BCUT2D eigenvalue weighted by Crippen LogP contribution is 2.23. The summed E-state index contributed by atoms with van der Waals surface area (Å²) in [5.74, 6) is 1.43. The first-order valence-corrected chi connectivity index (χ1v) is 9.83. The van der Waals surface area contributed by atoms with E-state index in [-0.39, 0.29) is 5.91 Å². The molecule has 3 rings (SSSR count). The zero-order valence-electron chi connectivity index (χ0n) is 16.0. The summed E-state index contributed by atoms with van der Waals surface area (Å²) in [5, 5.41) is 12.3. The number of hydrogen-bond donors (Lipinski definition) is 2. The number of aryl methyl sites for hydroxylation is 1. The van der Waals surface area contributed by atoms with Gasteiger partial charge in [0.15, 0.2) is 0 Å². The number of aromatic nitrogens is 1. The van der Waals surface area contributed by atoms with Crippen molar-refractivity contribution < 1.29 is 9.90 Å². The quantitative estimate of drug-likeness (QED) is 0.788. The Kier molecular flexibility index (Phi) is 6.82. The number of carbonyl (C=O) groups is 1. The molecule has 5 heteroatoms. The Balaban J connectivity index is 1.45. The average Bonchev–Trinajstić information content (AvgIpc) is 2.72. The van der Waals surface area contributed by atoms with Gasteiger partial charge in [0.2, 0.25) is 0 Å². The van der Waals surface area contributed by atoms with E-state index in [4.69, 9.17) is 0 Å². The van der Waals surface area contributed by atoms with Gasteiger partial charge in [-0.1, -0.05) is 30.3 Å². The first kappa shape index (κ1) is 19.4. The molecule has 0 radical (unpaired) electrons. The molecule has 27 heavy (non-hydrogen) atoms. The lowest BCUT2D eigenvalue weighted by molar-refractivity contribution is 0.0686. The minimum absolute atomic E-state index is 0.0612. The molecule has 0 unspecified atom stereocenters. The molecule has 2 N–H and O–H groups in total. The van der Waals surface area contributed by atoms with Crippen molar-refractivity contribution >= 4 is 11.7 Å². The Labute approximate surface area is 161 Å². The number of anilines is 1. The number of likely N-dealkylation sites (tertiary alicyclic amines) is 1. The third kappa shape index (κ3) is 5.79. The van der Waals surface area contributed by atoms with Gasteiger partial charge in [-0.15, -0.1) is 0 Å². The van der Waals surface area contributed by atoms with Crippen molar-refractivity contribution in [3.8, 4) is 0 Å². The van der Waals surface area contributed by atoms with Crippen LogP contribution in [0, 0.1) is 5.92 Å². The molecule has 1 saturated heterocycles. The van der Waals surface area contributed by atoms with Crippen molar-refractivity contribution in [1.29, 1.82) is 0 Å². The van der Waals surface area contributed by atoms with Crippen molar-refractivity contribution in [2.45, 2.75) is 38.7 Å². The summed E-state index contributed by atoms with van der Waals surface area (Å²) in [6.45, 7) is 3.80. The summed E-state index contributed by atoms with van der Waals surface area (Å²) < 4.78 is 0. The van der Waals surface area contributed by atoms with E-state index in [0.717, 1.165) is 32.4 Å². The molecular formula is C22H29N3O2. The van der Waals surface area contributed by atoms with E-state index in [1.165, 1.54) is 12.0 Å². The number of piperidine rings is 1. The van der Waals surface area contributed by atoms with Crippen LogP contribution in [0.1, 0.15) is 42.1 Å². The van der Waals surface area contributed by atoms with Gasteiger partial charge >= 0.3 is 0 Å². The lowest BCUT2D eigenvalue weighted by Gasteiger charge is -2.32. The Hall–Kier alpha value is -2.40. The highest BCUT2D eigenvalue weighted by Gasteiger charge is 2.23. The number of nitrogens with zero attached hydrogens (tertiary/aromatic N) is 2. The Morgan fingerprint density at radius 1 is 1.22 bits per heavy atom. The highest BCUT2D eigenvalue weighted by atomic mass is 16.3. The van der Waals surface area contributed by atoms with Crippen molar-refractivity contribution in [2.75, 3.05) is 25.0 Å². The topological polar surface area (TPSA) is 65.5 Å². The van der Waals surface area contributed by atoms with Gasteiger partial charge in [-0.3, -0.25) is 4.79 Å². The lowest BCUT2D eigenvalue weighted by Crippen LogP contribution is -2.38. The molecule has 0 spiro atoms. The Morgan fingerprint density at radius 2 is 1.96 bits per heavy atom. The van der Waals surface area contributed by atoms with E-state index in [1.807, 2.05) is 4.90 Å². The summed E-state index contributed by atoms with van der Waals surface area (Å²) in [7, 11) is 0. The number of hydrogen-bond acceptors (Lipinski definition) is 4. The highest BCUT2D eigenvalue weighted by molar-refractivity contribution is 5.94. The van der Waals surface area contributed by atoms with Crippen LogP contribution in [0.5, 0.6) is 0 Å². The normalized spacial score (nSPS) is 16.1. The Morgan fingerprint density at radius 3 is 2.59 bits per heavy atom. The fourth-order valence-electron chi connectivity index (χ4n) is 3.50. The molecule has 1 aliphatic rings. The molecule has 5 nitrogen and oxygen atoms in total. The number of carbonyl (C=O) groups excluding carboxylic acids is 1. The standard InChI is InChI=1S/C22H29N3O2/c1-17(26)15-23-21-10-9-20(16-24-21)22(27)25-13-11-19(12-14-25)8-7-18-5-3-2-4-6-18/h2-6,9-10,16-17,19,26H,7-8,11-15H2,1H3,(H,23,24)/t17-/m1/s1. The van der Waals surface area contributed by atoms with Crippen molar-refractivity contribution in [3.63, 3.8) is 0 Å². The predicted octanol–water partition coefficient (Wildman–Crippen LogP) is 3.36. The first-order valence-electron chi connectivity index (χ1n) is 9.83. The van der Waals surface area contributed by atoms with E-state index in [0.29, 0.717) is 23.8 Å². The molecule has 1 aliphatic heterocycles. The van der Waals surface area contributed by atoms with Gasteiger partial charge in [0.25, 0.3) is 5.91 Å². The molecule has 0 bridgehead atoms. The van der Waals surface area contributed by atoms with E-state index in [2.05, 4.69) is 40.6 Å². The molecule has 1 atom stereocenters. The Bertz CT molecular complexity index is 708. The van der Waals surface area contributed by atoms with E-state index < -0.39 is 6.10 Å². The second-order valence-electron chi connectivity index (χ2n) is 7.42. The van der Waals surface area contributed by atoms with Crippen LogP contribution in [0.2, 0.25) is 0 Å². The van der Waals surface area contributed by atoms with Crippen molar-refractivity contribution in [3.05, 3.63) is 59.8 Å². The zero-order chi connectivity index (χ0) is 19.1. The second kappa shape index (κ2) is 9.51. The van der Waals surface area contributed by atoms with Crippen LogP contribution in [0.4, 0.5) is 5.82 Å². The number of aliphatic hydroxyl groups is 1. The summed E-state index contributed by atoms with van der Waals surface area (Å²) in [6, 6.07) is 14.2.